The van der Waals surface area contributed by atoms with Crippen LogP contribution in [0.15, 0.2) is 29.8 Å². The molecule has 9 heteroatoms. The number of piperazine rings is 1. The van der Waals surface area contributed by atoms with Gasteiger partial charge in [0.25, 0.3) is 0 Å². The second-order valence-electron chi connectivity index (χ2n) is 9.89. The number of hydrogen-bond acceptors (Lipinski definition) is 7. The Morgan fingerprint density at radius 1 is 1.09 bits per heavy atom. The Bertz CT molecular complexity index is 1290. The van der Waals surface area contributed by atoms with E-state index in [2.05, 4.69) is 43.1 Å². The van der Waals surface area contributed by atoms with E-state index in [0.29, 0.717) is 17.3 Å². The summed E-state index contributed by atoms with van der Waals surface area (Å²) in [5.74, 6) is 2.54. The van der Waals surface area contributed by atoms with Crippen molar-refractivity contribution in [1.82, 2.24) is 25.1 Å². The van der Waals surface area contributed by atoms with Crippen molar-refractivity contribution in [3.05, 3.63) is 52.5 Å². The summed E-state index contributed by atoms with van der Waals surface area (Å²) in [4.78, 5) is 15.8. The number of anilines is 3. The Kier molecular flexibility index (Phi) is 5.44. The van der Waals surface area contributed by atoms with E-state index in [1.165, 1.54) is 12.8 Å². The smallest absolute Gasteiger partial charge is 0.326 e. The number of halogens is 1. The summed E-state index contributed by atoms with van der Waals surface area (Å²) in [7, 11) is 4.04. The molecule has 8 nitrogen and oxygen atoms in total. The number of ether oxygens (including phenoxy) is 1. The third-order valence-corrected chi connectivity index (χ3v) is 7.09. The maximum absolute atomic E-state index is 15.3. The maximum Gasteiger partial charge on any atom is 0.326 e. The maximum atomic E-state index is 15.3. The fourth-order valence-electron chi connectivity index (χ4n) is 4.73. The van der Waals surface area contributed by atoms with Crippen LogP contribution < -0.4 is 14.5 Å². The van der Waals surface area contributed by atoms with Gasteiger partial charge in [-0.15, -0.1) is 0 Å². The summed E-state index contributed by atoms with van der Waals surface area (Å²) < 4.78 is 21.3. The van der Waals surface area contributed by atoms with Crippen LogP contribution in [0.4, 0.5) is 21.8 Å². The SMILES string of the molecule is CC1=Cc2c(ccc(Oc3nc(N4CCN(C)CC4)cc(N(C)c4cc(C5CC5)[nH]n4)n3)c2F)C1. The summed E-state index contributed by atoms with van der Waals surface area (Å²) >= 11 is 0. The summed E-state index contributed by atoms with van der Waals surface area (Å²) in [5, 5.41) is 7.65. The Morgan fingerprint density at radius 2 is 1.89 bits per heavy atom. The average Bonchev–Trinajstić information content (AvgIpc) is 3.45. The van der Waals surface area contributed by atoms with Crippen LogP contribution in [-0.2, 0) is 6.42 Å². The number of benzene rings is 1. The normalized spacial score (nSPS) is 17.9. The molecule has 3 aromatic rings. The number of hydrogen-bond donors (Lipinski definition) is 1. The molecule has 0 unspecified atom stereocenters. The van der Waals surface area contributed by atoms with Crippen LogP contribution >= 0.6 is 0 Å². The van der Waals surface area contributed by atoms with Gasteiger partial charge in [-0.05, 0) is 44.9 Å². The molecule has 6 rings (SSSR count). The molecule has 182 valence electrons. The lowest BCUT2D eigenvalue weighted by Crippen LogP contribution is -2.44. The van der Waals surface area contributed by atoms with Gasteiger partial charge in [0.15, 0.2) is 17.4 Å². The van der Waals surface area contributed by atoms with E-state index in [9.17, 15) is 0 Å². The van der Waals surface area contributed by atoms with Crippen molar-refractivity contribution < 1.29 is 9.13 Å². The Hall–Kier alpha value is -3.46. The van der Waals surface area contributed by atoms with Gasteiger partial charge in [0.1, 0.15) is 11.6 Å². The highest BCUT2D eigenvalue weighted by atomic mass is 19.1. The minimum Gasteiger partial charge on any atom is -0.421 e. The highest BCUT2D eigenvalue weighted by molar-refractivity contribution is 5.66. The van der Waals surface area contributed by atoms with E-state index in [1.54, 1.807) is 6.07 Å². The molecule has 1 aromatic carbocycles. The van der Waals surface area contributed by atoms with Crippen LogP contribution in [0.1, 0.15) is 42.5 Å². The highest BCUT2D eigenvalue weighted by Gasteiger charge is 2.27. The third-order valence-electron chi connectivity index (χ3n) is 7.09. The second-order valence-corrected chi connectivity index (χ2v) is 9.89. The zero-order chi connectivity index (χ0) is 24.1. The molecular weight excluding hydrogens is 445 g/mol. The Morgan fingerprint density at radius 3 is 2.66 bits per heavy atom. The molecule has 1 saturated heterocycles. The number of aromatic nitrogens is 4. The molecule has 2 aromatic heterocycles. The minimum atomic E-state index is -0.371. The van der Waals surface area contributed by atoms with Gasteiger partial charge in [-0.3, -0.25) is 5.10 Å². The number of rotatable bonds is 6. The first-order chi connectivity index (χ1) is 16.9. The van der Waals surface area contributed by atoms with E-state index < -0.39 is 0 Å². The largest absolute Gasteiger partial charge is 0.421 e. The number of nitrogens with one attached hydrogen (secondary N) is 1. The van der Waals surface area contributed by atoms with Gasteiger partial charge < -0.3 is 19.4 Å². The van der Waals surface area contributed by atoms with Gasteiger partial charge >= 0.3 is 6.01 Å². The molecule has 1 aliphatic heterocycles. The summed E-state index contributed by atoms with van der Waals surface area (Å²) in [6.45, 7) is 5.60. The summed E-state index contributed by atoms with van der Waals surface area (Å²) in [6.07, 6.45) is 5.05. The van der Waals surface area contributed by atoms with Crippen molar-refractivity contribution >= 4 is 23.5 Å². The van der Waals surface area contributed by atoms with Gasteiger partial charge in [-0.25, -0.2) is 4.39 Å². The number of aromatic amines is 1. The van der Waals surface area contributed by atoms with Crippen LogP contribution in [0.5, 0.6) is 11.8 Å². The molecule has 1 saturated carbocycles. The second kappa shape index (κ2) is 8.64. The van der Waals surface area contributed by atoms with Crippen LogP contribution in [0.3, 0.4) is 0 Å². The van der Waals surface area contributed by atoms with Crippen molar-refractivity contribution in [2.45, 2.75) is 32.1 Å². The molecule has 1 N–H and O–H groups in total. The summed E-state index contributed by atoms with van der Waals surface area (Å²) in [6, 6.07) is 7.74. The molecule has 0 radical (unpaired) electrons. The first kappa shape index (κ1) is 22.0. The molecule has 2 fully saturated rings. The lowest BCUT2D eigenvalue weighted by molar-refractivity contribution is 0.311. The predicted molar refractivity (Wildman–Crippen MR) is 134 cm³/mol. The number of nitrogens with zero attached hydrogens (tertiary/aromatic N) is 6. The molecule has 35 heavy (non-hydrogen) atoms. The number of allylic oxidation sites excluding steroid dienone is 1. The molecule has 2 aliphatic carbocycles. The molecule has 3 heterocycles. The average molecular weight is 476 g/mol. The molecule has 0 amide bonds. The fraction of sp³-hybridized carbons (Fsp3) is 0.423. The van der Waals surface area contributed by atoms with Crippen molar-refractivity contribution in [3.63, 3.8) is 0 Å². The van der Waals surface area contributed by atoms with Gasteiger partial charge in [0.2, 0.25) is 0 Å². The van der Waals surface area contributed by atoms with E-state index in [1.807, 2.05) is 37.1 Å². The summed E-state index contributed by atoms with van der Waals surface area (Å²) in [5.41, 5.74) is 3.86. The molecule has 0 bridgehead atoms. The Balaban J connectivity index is 1.34. The topological polar surface area (TPSA) is 73.4 Å². The quantitative estimate of drug-likeness (QED) is 0.563. The molecule has 0 atom stereocenters. The van der Waals surface area contributed by atoms with Crippen molar-refractivity contribution in [2.75, 3.05) is 50.1 Å². The van der Waals surface area contributed by atoms with Crippen LogP contribution in [0, 0.1) is 5.82 Å². The van der Waals surface area contributed by atoms with Crippen molar-refractivity contribution in [3.8, 4) is 11.8 Å². The minimum absolute atomic E-state index is 0.124. The fourth-order valence-corrected chi connectivity index (χ4v) is 4.73. The van der Waals surface area contributed by atoms with Crippen molar-refractivity contribution in [2.24, 2.45) is 0 Å². The zero-order valence-electron chi connectivity index (χ0n) is 20.4. The Labute approximate surface area is 204 Å². The van der Waals surface area contributed by atoms with Crippen LogP contribution in [0.25, 0.3) is 6.08 Å². The lowest BCUT2D eigenvalue weighted by Gasteiger charge is -2.33. The monoisotopic (exact) mass is 475 g/mol. The first-order valence-electron chi connectivity index (χ1n) is 12.2. The number of fused-ring (bicyclic) bond motifs is 1. The van der Waals surface area contributed by atoms with Gasteiger partial charge in [0, 0.05) is 62.5 Å². The van der Waals surface area contributed by atoms with Gasteiger partial charge in [-0.1, -0.05) is 17.7 Å². The van der Waals surface area contributed by atoms with E-state index >= 15 is 4.39 Å². The molecule has 0 spiro atoms. The highest BCUT2D eigenvalue weighted by Crippen LogP contribution is 2.40. The zero-order valence-corrected chi connectivity index (χ0v) is 20.4. The van der Waals surface area contributed by atoms with E-state index in [4.69, 9.17) is 4.74 Å². The number of H-pyrrole nitrogens is 1. The van der Waals surface area contributed by atoms with E-state index in [0.717, 1.165) is 61.1 Å². The van der Waals surface area contributed by atoms with Gasteiger partial charge in [0.05, 0.1) is 0 Å². The van der Waals surface area contributed by atoms with Gasteiger partial charge in [-0.2, -0.15) is 15.1 Å². The molecular formula is C26H30FN7O. The lowest BCUT2D eigenvalue weighted by atomic mass is 10.1. The molecule has 3 aliphatic rings. The standard InChI is InChI=1S/C26H30FN7O/c1-16-12-18-6-7-21(25(27)19(18)13-16)35-26-28-22(15-23(29-26)34-10-8-32(2)9-11-34)33(3)24-14-20(30-31-24)17-4-5-17/h6-7,13-15,17H,4-5,8-12H2,1-3H3,(H,30,31). The van der Waals surface area contributed by atoms with Crippen LogP contribution in [-0.4, -0.2) is 65.3 Å². The predicted octanol–water partition coefficient (Wildman–Crippen LogP) is 4.49. The van der Waals surface area contributed by atoms with Crippen LogP contribution in [0.2, 0.25) is 0 Å². The first-order valence-corrected chi connectivity index (χ1v) is 12.2. The third kappa shape index (κ3) is 4.36. The number of likely N-dealkylation sites (N-methyl/N-ethyl adjacent to an activating group) is 1. The van der Waals surface area contributed by atoms with Crippen molar-refractivity contribution in [1.29, 1.82) is 0 Å². The van der Waals surface area contributed by atoms with E-state index in [-0.39, 0.29) is 17.6 Å².